The number of imide groups is 1. The molecule has 8 heteroatoms. The number of anilines is 2. The number of carbonyl (C=O) groups excluding carboxylic acids is 3. The molecule has 4 atom stereocenters. The highest BCUT2D eigenvalue weighted by Gasteiger charge is 2.74. The maximum atomic E-state index is 13.9. The molecule has 31 heavy (non-hydrogen) atoms. The van der Waals surface area contributed by atoms with Crippen LogP contribution >= 0.6 is 27.5 Å². The normalized spacial score (nSPS) is 31.4. The molecule has 4 aliphatic rings. The lowest BCUT2D eigenvalue weighted by Crippen LogP contribution is -2.54. The van der Waals surface area contributed by atoms with Gasteiger partial charge in [-0.05, 0) is 66.0 Å². The zero-order valence-corrected chi connectivity index (χ0v) is 19.0. The molecule has 6 rings (SSSR count). The van der Waals surface area contributed by atoms with Gasteiger partial charge in [-0.3, -0.25) is 19.3 Å². The van der Waals surface area contributed by atoms with Crippen molar-refractivity contribution in [2.24, 2.45) is 11.8 Å². The molecule has 158 valence electrons. The third kappa shape index (κ3) is 2.19. The van der Waals surface area contributed by atoms with Crippen molar-refractivity contribution in [3.8, 4) is 0 Å². The Balaban J connectivity index is 1.59. The van der Waals surface area contributed by atoms with Crippen molar-refractivity contribution in [3.63, 3.8) is 0 Å². The van der Waals surface area contributed by atoms with Crippen LogP contribution < -0.4 is 10.2 Å². The van der Waals surface area contributed by atoms with Crippen molar-refractivity contribution >= 4 is 56.6 Å². The molecule has 3 saturated heterocycles. The average Bonchev–Trinajstić information content (AvgIpc) is 3.45. The van der Waals surface area contributed by atoms with Crippen LogP contribution in [0.4, 0.5) is 11.4 Å². The Morgan fingerprint density at radius 2 is 1.90 bits per heavy atom. The molecular weight excluding hydrogens is 482 g/mol. The van der Waals surface area contributed by atoms with Crippen molar-refractivity contribution in [2.75, 3.05) is 16.8 Å². The van der Waals surface area contributed by atoms with E-state index in [2.05, 4.69) is 26.1 Å². The van der Waals surface area contributed by atoms with Crippen LogP contribution in [0.1, 0.15) is 24.0 Å². The molecule has 0 unspecified atom stereocenters. The zero-order valence-electron chi connectivity index (χ0n) is 16.7. The van der Waals surface area contributed by atoms with E-state index in [9.17, 15) is 14.4 Å². The van der Waals surface area contributed by atoms with Crippen molar-refractivity contribution in [1.82, 2.24) is 4.90 Å². The van der Waals surface area contributed by atoms with E-state index < -0.39 is 17.4 Å². The van der Waals surface area contributed by atoms with Crippen LogP contribution in [0, 0.1) is 18.8 Å². The van der Waals surface area contributed by atoms with Gasteiger partial charge in [-0.1, -0.05) is 29.8 Å². The van der Waals surface area contributed by atoms with Gasteiger partial charge in [0.2, 0.25) is 17.7 Å². The molecule has 3 fully saturated rings. The van der Waals surface area contributed by atoms with E-state index in [1.165, 1.54) is 4.90 Å². The van der Waals surface area contributed by atoms with E-state index in [0.717, 1.165) is 24.0 Å². The number of amides is 3. The van der Waals surface area contributed by atoms with E-state index in [1.807, 2.05) is 25.1 Å². The SMILES string of the molecule is Cc1c(Cl)ccc2c1NC(=O)[C@@]21[C@@H]2C(=O)N(c3ccccc3Br)C(=O)[C@H]2[C@@H]2CCCN21. The smallest absolute Gasteiger partial charge is 0.250 e. The molecule has 1 spiro atoms. The number of hydrogen-bond donors (Lipinski definition) is 1. The molecule has 4 aliphatic heterocycles. The summed E-state index contributed by atoms with van der Waals surface area (Å²) in [6.45, 7) is 2.55. The maximum absolute atomic E-state index is 13.9. The van der Waals surface area contributed by atoms with E-state index >= 15 is 0 Å². The number of hydrogen-bond acceptors (Lipinski definition) is 4. The van der Waals surface area contributed by atoms with Crippen LogP contribution in [-0.2, 0) is 19.9 Å². The number of carbonyl (C=O) groups is 3. The Kier molecular flexibility index (Phi) is 4.02. The second-order valence-corrected chi connectivity index (χ2v) is 9.95. The summed E-state index contributed by atoms with van der Waals surface area (Å²) in [6.07, 6.45) is 1.68. The molecule has 6 nitrogen and oxygen atoms in total. The first-order valence-corrected chi connectivity index (χ1v) is 11.6. The Bertz CT molecular complexity index is 1200. The lowest BCUT2D eigenvalue weighted by Gasteiger charge is -2.36. The molecule has 0 aromatic heterocycles. The van der Waals surface area contributed by atoms with Crippen LogP contribution in [0.3, 0.4) is 0 Å². The van der Waals surface area contributed by atoms with E-state index in [0.29, 0.717) is 27.4 Å². The molecular formula is C23H19BrClN3O3. The van der Waals surface area contributed by atoms with Gasteiger partial charge in [-0.2, -0.15) is 0 Å². The Hall–Kier alpha value is -2.22. The minimum Gasteiger partial charge on any atom is -0.324 e. The monoisotopic (exact) mass is 499 g/mol. The van der Waals surface area contributed by atoms with Crippen molar-refractivity contribution in [2.45, 2.75) is 31.3 Å². The van der Waals surface area contributed by atoms with Gasteiger partial charge in [0.05, 0.1) is 23.2 Å². The highest BCUT2D eigenvalue weighted by molar-refractivity contribution is 9.10. The molecule has 0 aliphatic carbocycles. The standard InChI is InChI=1S/C23H19BrClN3O3/c1-11-14(25)9-8-12-19(11)26-22(31)23(12)18-17(16-7-4-10-27(16)23)20(29)28(21(18)30)15-6-3-2-5-13(15)24/h2-3,5-6,8-9,16-18H,4,7,10H2,1H3,(H,26,31)/t16-,17-,18-,23-/m0/s1. The fourth-order valence-electron chi connectivity index (χ4n) is 6.26. The summed E-state index contributed by atoms with van der Waals surface area (Å²) in [5.41, 5.74) is 1.55. The highest BCUT2D eigenvalue weighted by atomic mass is 79.9. The van der Waals surface area contributed by atoms with Gasteiger partial charge in [0, 0.05) is 21.1 Å². The van der Waals surface area contributed by atoms with Crippen LogP contribution in [0.25, 0.3) is 0 Å². The van der Waals surface area contributed by atoms with Crippen molar-refractivity contribution < 1.29 is 14.4 Å². The predicted octanol–water partition coefficient (Wildman–Crippen LogP) is 3.84. The van der Waals surface area contributed by atoms with E-state index in [4.69, 9.17) is 11.6 Å². The number of para-hydroxylation sites is 1. The third-order valence-electron chi connectivity index (χ3n) is 7.46. The fraction of sp³-hybridized carbons (Fsp3) is 0.348. The van der Waals surface area contributed by atoms with Crippen molar-refractivity contribution in [3.05, 3.63) is 57.0 Å². The second-order valence-electron chi connectivity index (χ2n) is 8.69. The number of nitrogens with zero attached hydrogens (tertiary/aromatic N) is 2. The molecule has 0 saturated carbocycles. The summed E-state index contributed by atoms with van der Waals surface area (Å²) in [4.78, 5) is 44.7. The number of nitrogens with one attached hydrogen (secondary N) is 1. The summed E-state index contributed by atoms with van der Waals surface area (Å²) in [5.74, 6) is -2.08. The molecule has 1 N–H and O–H groups in total. The van der Waals surface area contributed by atoms with Crippen LogP contribution in [0.5, 0.6) is 0 Å². The summed E-state index contributed by atoms with van der Waals surface area (Å²) in [6, 6.07) is 10.7. The molecule has 0 radical (unpaired) electrons. The topological polar surface area (TPSA) is 69.7 Å². The first-order chi connectivity index (χ1) is 14.9. The first-order valence-electron chi connectivity index (χ1n) is 10.4. The predicted molar refractivity (Wildman–Crippen MR) is 120 cm³/mol. The molecule has 3 amide bonds. The summed E-state index contributed by atoms with van der Waals surface area (Å²) < 4.78 is 0.674. The van der Waals surface area contributed by atoms with Crippen molar-refractivity contribution in [1.29, 1.82) is 0 Å². The number of benzene rings is 2. The summed E-state index contributed by atoms with van der Waals surface area (Å²) in [7, 11) is 0. The molecule has 4 heterocycles. The lowest BCUT2D eigenvalue weighted by atomic mass is 9.75. The Morgan fingerprint density at radius 3 is 2.68 bits per heavy atom. The molecule has 2 aromatic rings. The van der Waals surface area contributed by atoms with E-state index in [1.54, 1.807) is 18.2 Å². The van der Waals surface area contributed by atoms with Gasteiger partial charge >= 0.3 is 0 Å². The maximum Gasteiger partial charge on any atom is 0.250 e. The zero-order chi connectivity index (χ0) is 21.7. The quantitative estimate of drug-likeness (QED) is 0.604. The lowest BCUT2D eigenvalue weighted by molar-refractivity contribution is -0.135. The molecule has 0 bridgehead atoms. The van der Waals surface area contributed by atoms with Gasteiger partial charge in [-0.25, -0.2) is 4.90 Å². The van der Waals surface area contributed by atoms with Gasteiger partial charge in [0.1, 0.15) is 5.54 Å². The number of halogens is 2. The van der Waals surface area contributed by atoms with Crippen LogP contribution in [0.2, 0.25) is 5.02 Å². The number of fused-ring (bicyclic) bond motifs is 7. The largest absolute Gasteiger partial charge is 0.324 e. The Labute approximate surface area is 192 Å². The van der Waals surface area contributed by atoms with Gasteiger partial charge in [0.15, 0.2) is 0 Å². The highest BCUT2D eigenvalue weighted by Crippen LogP contribution is 2.61. The summed E-state index contributed by atoms with van der Waals surface area (Å²) in [5, 5.41) is 3.57. The first kappa shape index (κ1) is 19.5. The third-order valence-corrected chi connectivity index (χ3v) is 8.54. The minimum atomic E-state index is -1.18. The van der Waals surface area contributed by atoms with Crippen LogP contribution in [-0.4, -0.2) is 35.2 Å². The van der Waals surface area contributed by atoms with Gasteiger partial charge in [0.25, 0.3) is 0 Å². The van der Waals surface area contributed by atoms with Crippen LogP contribution in [0.15, 0.2) is 40.9 Å². The Morgan fingerprint density at radius 1 is 1.13 bits per heavy atom. The van der Waals surface area contributed by atoms with Gasteiger partial charge in [-0.15, -0.1) is 0 Å². The summed E-state index contributed by atoms with van der Waals surface area (Å²) >= 11 is 9.81. The average molecular weight is 501 g/mol. The number of rotatable bonds is 1. The van der Waals surface area contributed by atoms with Gasteiger partial charge < -0.3 is 5.32 Å². The van der Waals surface area contributed by atoms with E-state index in [-0.39, 0.29) is 23.8 Å². The fourth-order valence-corrected chi connectivity index (χ4v) is 6.88. The minimum absolute atomic E-state index is 0.137. The molecule has 2 aromatic carbocycles. The second kappa shape index (κ2) is 6.40.